The maximum Gasteiger partial charge on any atom is 0.137 e. The molecule has 1 saturated carbocycles. The first-order valence-corrected chi connectivity index (χ1v) is 9.16. The Balaban J connectivity index is 1.18. The van der Waals surface area contributed by atoms with Crippen LogP contribution in [0, 0.1) is 5.92 Å². The van der Waals surface area contributed by atoms with E-state index in [4.69, 9.17) is 9.47 Å². The van der Waals surface area contributed by atoms with Gasteiger partial charge >= 0.3 is 0 Å². The molecule has 1 N–H and O–H groups in total. The van der Waals surface area contributed by atoms with Crippen LogP contribution in [0.1, 0.15) is 29.9 Å². The van der Waals surface area contributed by atoms with E-state index in [1.165, 1.54) is 24.0 Å². The maximum absolute atomic E-state index is 5.86. The van der Waals surface area contributed by atoms with Gasteiger partial charge in [0.2, 0.25) is 0 Å². The number of nitrogens with one attached hydrogen (secondary N) is 1. The van der Waals surface area contributed by atoms with Gasteiger partial charge in [0, 0.05) is 24.6 Å². The van der Waals surface area contributed by atoms with Crippen LogP contribution in [0.15, 0.2) is 43.0 Å². The van der Waals surface area contributed by atoms with Crippen molar-refractivity contribution in [1.29, 1.82) is 0 Å². The van der Waals surface area contributed by atoms with E-state index in [-0.39, 0.29) is 0 Å². The molecule has 132 valence electrons. The van der Waals surface area contributed by atoms with E-state index in [0.29, 0.717) is 17.9 Å². The largest absolute Gasteiger partial charge is 0.490 e. The SMILES string of the molecule is c1cncc(CCOC[C@@H]2C[C@@H]2c2cncc(OC[C@@H]3CCN3)c2)c1. The molecule has 1 aliphatic carbocycles. The average Bonchev–Trinajstić information content (AvgIpc) is 3.38. The summed E-state index contributed by atoms with van der Waals surface area (Å²) in [6.07, 6.45) is 10.8. The predicted molar refractivity (Wildman–Crippen MR) is 95.7 cm³/mol. The standard InChI is InChI=1S/C20H25N3O2/c1-2-15(10-21-5-1)4-7-24-13-17-9-20(17)16-8-19(12-22-11-16)25-14-18-3-6-23-18/h1-2,5,8,10-12,17-18,20,23H,3-4,6-7,9,13-14H2/t17-,18-,20+/m0/s1. The summed E-state index contributed by atoms with van der Waals surface area (Å²) >= 11 is 0. The van der Waals surface area contributed by atoms with Crippen LogP contribution in [0.2, 0.25) is 0 Å². The first-order valence-electron chi connectivity index (χ1n) is 9.16. The summed E-state index contributed by atoms with van der Waals surface area (Å²) in [4.78, 5) is 8.47. The zero-order chi connectivity index (χ0) is 16.9. The summed E-state index contributed by atoms with van der Waals surface area (Å²) in [5.41, 5.74) is 2.50. The topological polar surface area (TPSA) is 56.3 Å². The van der Waals surface area contributed by atoms with Crippen molar-refractivity contribution >= 4 is 0 Å². The second kappa shape index (κ2) is 7.93. The molecule has 0 unspecified atom stereocenters. The van der Waals surface area contributed by atoms with Crippen molar-refractivity contribution in [2.24, 2.45) is 5.92 Å². The number of hydrogen-bond donors (Lipinski definition) is 1. The first kappa shape index (κ1) is 16.5. The Morgan fingerprint density at radius 1 is 1.16 bits per heavy atom. The summed E-state index contributed by atoms with van der Waals surface area (Å²) in [5, 5.41) is 3.35. The minimum absolute atomic E-state index is 0.505. The van der Waals surface area contributed by atoms with E-state index in [9.17, 15) is 0 Å². The quantitative estimate of drug-likeness (QED) is 0.712. The van der Waals surface area contributed by atoms with Crippen molar-refractivity contribution in [3.63, 3.8) is 0 Å². The summed E-state index contributed by atoms with van der Waals surface area (Å²) < 4.78 is 11.7. The zero-order valence-corrected chi connectivity index (χ0v) is 14.4. The summed E-state index contributed by atoms with van der Waals surface area (Å²) in [6.45, 7) is 3.42. The van der Waals surface area contributed by atoms with Crippen LogP contribution in [0.4, 0.5) is 0 Å². The van der Waals surface area contributed by atoms with Gasteiger partial charge < -0.3 is 14.8 Å². The van der Waals surface area contributed by atoms with E-state index in [1.54, 1.807) is 6.20 Å². The molecular formula is C20H25N3O2. The second-order valence-corrected chi connectivity index (χ2v) is 6.99. The van der Waals surface area contributed by atoms with Gasteiger partial charge in [-0.3, -0.25) is 9.97 Å². The molecule has 2 aromatic heterocycles. The second-order valence-electron chi connectivity index (χ2n) is 6.99. The summed E-state index contributed by atoms with van der Waals surface area (Å²) in [7, 11) is 0. The Morgan fingerprint density at radius 3 is 2.92 bits per heavy atom. The third-order valence-corrected chi connectivity index (χ3v) is 5.05. The molecule has 0 amide bonds. The van der Waals surface area contributed by atoms with E-state index in [1.807, 2.05) is 24.7 Å². The normalized spacial score (nSPS) is 24.6. The van der Waals surface area contributed by atoms with Crippen molar-refractivity contribution in [3.8, 4) is 5.75 Å². The van der Waals surface area contributed by atoms with Crippen molar-refractivity contribution in [2.45, 2.75) is 31.2 Å². The molecule has 5 heteroatoms. The van der Waals surface area contributed by atoms with Gasteiger partial charge in [0.1, 0.15) is 12.4 Å². The lowest BCUT2D eigenvalue weighted by atomic mass is 10.1. The number of rotatable bonds is 9. The lowest BCUT2D eigenvalue weighted by Gasteiger charge is -2.27. The highest BCUT2D eigenvalue weighted by Crippen LogP contribution is 2.47. The van der Waals surface area contributed by atoms with Crippen molar-refractivity contribution < 1.29 is 9.47 Å². The molecular weight excluding hydrogens is 314 g/mol. The van der Waals surface area contributed by atoms with E-state index < -0.39 is 0 Å². The molecule has 1 aliphatic heterocycles. The molecule has 5 nitrogen and oxygen atoms in total. The molecule has 0 radical (unpaired) electrons. The smallest absolute Gasteiger partial charge is 0.137 e. The molecule has 3 atom stereocenters. The maximum atomic E-state index is 5.86. The Bertz CT molecular complexity index is 676. The van der Waals surface area contributed by atoms with E-state index in [2.05, 4.69) is 27.4 Å². The Kier molecular flexibility index (Phi) is 5.23. The third kappa shape index (κ3) is 4.55. The van der Waals surface area contributed by atoms with Gasteiger partial charge in [0.05, 0.1) is 19.4 Å². The molecule has 2 aromatic rings. The lowest BCUT2D eigenvalue weighted by molar-refractivity contribution is 0.126. The fraction of sp³-hybridized carbons (Fsp3) is 0.500. The van der Waals surface area contributed by atoms with Crippen LogP contribution in [0.25, 0.3) is 0 Å². The number of pyridine rings is 2. The molecule has 2 aliphatic rings. The van der Waals surface area contributed by atoms with Crippen LogP contribution >= 0.6 is 0 Å². The van der Waals surface area contributed by atoms with Crippen LogP contribution in [0.3, 0.4) is 0 Å². The van der Waals surface area contributed by atoms with E-state index in [0.717, 1.165) is 38.5 Å². The van der Waals surface area contributed by atoms with Gasteiger partial charge in [-0.15, -0.1) is 0 Å². The number of nitrogens with zero attached hydrogens (tertiary/aromatic N) is 2. The Hall–Kier alpha value is -1.98. The third-order valence-electron chi connectivity index (χ3n) is 5.05. The highest BCUT2D eigenvalue weighted by atomic mass is 16.5. The van der Waals surface area contributed by atoms with Gasteiger partial charge in [0.25, 0.3) is 0 Å². The number of aromatic nitrogens is 2. The summed E-state index contributed by atoms with van der Waals surface area (Å²) in [5.74, 6) is 2.06. The van der Waals surface area contributed by atoms with Crippen LogP contribution in [-0.2, 0) is 11.2 Å². The minimum atomic E-state index is 0.505. The summed E-state index contributed by atoms with van der Waals surface area (Å²) in [6, 6.07) is 6.71. The molecule has 0 spiro atoms. The lowest BCUT2D eigenvalue weighted by Crippen LogP contribution is -2.46. The molecule has 2 fully saturated rings. The Morgan fingerprint density at radius 2 is 2.12 bits per heavy atom. The Labute approximate surface area is 148 Å². The average molecular weight is 339 g/mol. The highest BCUT2D eigenvalue weighted by Gasteiger charge is 2.38. The molecule has 3 heterocycles. The van der Waals surface area contributed by atoms with Gasteiger partial charge in [0.15, 0.2) is 0 Å². The molecule has 4 rings (SSSR count). The van der Waals surface area contributed by atoms with Gasteiger partial charge in [-0.1, -0.05) is 6.07 Å². The predicted octanol–water partition coefficient (Wildman–Crippen LogP) is 2.58. The van der Waals surface area contributed by atoms with Crippen molar-refractivity contribution in [1.82, 2.24) is 15.3 Å². The minimum Gasteiger partial charge on any atom is -0.490 e. The van der Waals surface area contributed by atoms with Crippen molar-refractivity contribution in [2.75, 3.05) is 26.4 Å². The highest BCUT2D eigenvalue weighted by molar-refractivity contribution is 5.30. The van der Waals surface area contributed by atoms with Gasteiger partial charge in [-0.25, -0.2) is 0 Å². The molecule has 25 heavy (non-hydrogen) atoms. The first-order chi connectivity index (χ1) is 12.4. The zero-order valence-electron chi connectivity index (χ0n) is 14.4. The number of hydrogen-bond acceptors (Lipinski definition) is 5. The van der Waals surface area contributed by atoms with Crippen LogP contribution in [-0.4, -0.2) is 42.4 Å². The monoisotopic (exact) mass is 339 g/mol. The van der Waals surface area contributed by atoms with Gasteiger partial charge in [-0.2, -0.15) is 0 Å². The molecule has 0 aromatic carbocycles. The van der Waals surface area contributed by atoms with Crippen LogP contribution in [0.5, 0.6) is 5.75 Å². The fourth-order valence-corrected chi connectivity index (χ4v) is 3.22. The molecule has 1 saturated heterocycles. The van der Waals surface area contributed by atoms with E-state index >= 15 is 0 Å². The molecule has 0 bridgehead atoms. The van der Waals surface area contributed by atoms with Crippen molar-refractivity contribution in [3.05, 3.63) is 54.1 Å². The number of ether oxygens (including phenoxy) is 2. The fourth-order valence-electron chi connectivity index (χ4n) is 3.22. The van der Waals surface area contributed by atoms with Gasteiger partial charge in [-0.05, 0) is 60.9 Å². The van der Waals surface area contributed by atoms with Crippen LogP contribution < -0.4 is 10.1 Å².